The van der Waals surface area contributed by atoms with Crippen LogP contribution in [0.1, 0.15) is 30.9 Å². The molecule has 1 aromatic rings. The maximum atomic E-state index is 12.1. The minimum atomic E-state index is -3.27. The molecule has 0 bridgehead atoms. The number of nitrogens with two attached hydrogens (primary N) is 1. The van der Waals surface area contributed by atoms with Crippen LogP contribution < -0.4 is 10.5 Å². The molecule has 1 unspecified atom stereocenters. The van der Waals surface area contributed by atoms with Gasteiger partial charge in [-0.25, -0.2) is 13.1 Å². The quantitative estimate of drug-likeness (QED) is 0.840. The Morgan fingerprint density at radius 3 is 2.50 bits per heavy atom. The Labute approximate surface area is 125 Å². The van der Waals surface area contributed by atoms with Gasteiger partial charge >= 0.3 is 0 Å². The Morgan fingerprint density at radius 1 is 1.30 bits per heavy atom. The molecule has 0 aromatic heterocycles. The Bertz CT molecular complexity index is 535. The van der Waals surface area contributed by atoms with Crippen LogP contribution >= 0.6 is 11.8 Å². The first-order chi connectivity index (χ1) is 9.42. The number of thioether (sulfide) groups is 1. The van der Waals surface area contributed by atoms with Crippen LogP contribution in [0.3, 0.4) is 0 Å². The van der Waals surface area contributed by atoms with Crippen LogP contribution in [0.15, 0.2) is 24.3 Å². The predicted molar refractivity (Wildman–Crippen MR) is 85.1 cm³/mol. The lowest BCUT2D eigenvalue weighted by Crippen LogP contribution is -2.37. The third-order valence-electron chi connectivity index (χ3n) is 3.58. The van der Waals surface area contributed by atoms with E-state index >= 15 is 0 Å². The lowest BCUT2D eigenvalue weighted by Gasteiger charge is -2.22. The molecule has 1 fully saturated rings. The van der Waals surface area contributed by atoms with Crippen molar-refractivity contribution in [2.45, 2.75) is 36.8 Å². The molecular formula is C14H22N2O2S2. The zero-order valence-electron chi connectivity index (χ0n) is 11.8. The third kappa shape index (κ3) is 4.48. The Hall–Kier alpha value is -0.560. The van der Waals surface area contributed by atoms with Crippen molar-refractivity contribution < 1.29 is 8.42 Å². The molecule has 20 heavy (non-hydrogen) atoms. The first-order valence-electron chi connectivity index (χ1n) is 6.82. The third-order valence-corrected chi connectivity index (χ3v) is 6.42. The van der Waals surface area contributed by atoms with Crippen molar-refractivity contribution in [3.63, 3.8) is 0 Å². The number of rotatable bonds is 6. The standard InChI is InChI=1S/C14H22N2O2S2/c1-14(7-2-8-19-14)11-16-20(17,18)10-13-5-3-12(9-15)4-6-13/h3-6,16H,2,7-11,15H2,1H3. The zero-order valence-corrected chi connectivity index (χ0v) is 13.4. The van der Waals surface area contributed by atoms with Crippen molar-refractivity contribution in [2.24, 2.45) is 5.73 Å². The van der Waals surface area contributed by atoms with E-state index in [1.165, 1.54) is 6.42 Å². The fourth-order valence-electron chi connectivity index (χ4n) is 2.28. The monoisotopic (exact) mass is 314 g/mol. The van der Waals surface area contributed by atoms with E-state index in [1.807, 2.05) is 36.0 Å². The molecule has 0 radical (unpaired) electrons. The van der Waals surface area contributed by atoms with Gasteiger partial charge in [-0.2, -0.15) is 11.8 Å². The van der Waals surface area contributed by atoms with Crippen molar-refractivity contribution >= 4 is 21.8 Å². The van der Waals surface area contributed by atoms with Crippen molar-refractivity contribution in [3.05, 3.63) is 35.4 Å². The number of benzene rings is 1. The highest BCUT2D eigenvalue weighted by atomic mass is 32.2. The maximum absolute atomic E-state index is 12.1. The van der Waals surface area contributed by atoms with Gasteiger partial charge in [0.1, 0.15) is 0 Å². The first-order valence-corrected chi connectivity index (χ1v) is 9.45. The minimum Gasteiger partial charge on any atom is -0.326 e. The molecule has 1 aliphatic rings. The SMILES string of the molecule is CC1(CNS(=O)(=O)Cc2ccc(CN)cc2)CCCS1. The zero-order chi connectivity index (χ0) is 14.6. The van der Waals surface area contributed by atoms with Crippen LogP contribution in [-0.4, -0.2) is 25.5 Å². The fourth-order valence-corrected chi connectivity index (χ4v) is 4.89. The van der Waals surface area contributed by atoms with Gasteiger partial charge in [0.05, 0.1) is 5.75 Å². The number of sulfonamides is 1. The summed E-state index contributed by atoms with van der Waals surface area (Å²) in [5.41, 5.74) is 7.33. The Balaban J connectivity index is 1.92. The highest BCUT2D eigenvalue weighted by molar-refractivity contribution is 8.01. The maximum Gasteiger partial charge on any atom is 0.215 e. The summed E-state index contributed by atoms with van der Waals surface area (Å²) in [6, 6.07) is 7.40. The lowest BCUT2D eigenvalue weighted by atomic mass is 10.1. The average molecular weight is 314 g/mol. The molecule has 6 heteroatoms. The van der Waals surface area contributed by atoms with E-state index in [0.29, 0.717) is 13.1 Å². The molecular weight excluding hydrogens is 292 g/mol. The van der Waals surface area contributed by atoms with Gasteiger partial charge in [-0.05, 0) is 36.6 Å². The molecule has 0 aliphatic carbocycles. The lowest BCUT2D eigenvalue weighted by molar-refractivity contribution is 0.552. The van der Waals surface area contributed by atoms with Gasteiger partial charge < -0.3 is 5.73 Å². The summed E-state index contributed by atoms with van der Waals surface area (Å²) in [7, 11) is -3.27. The summed E-state index contributed by atoms with van der Waals surface area (Å²) in [5.74, 6) is 1.15. The average Bonchev–Trinajstić information content (AvgIpc) is 2.85. The molecule has 0 amide bonds. The molecule has 1 aromatic carbocycles. The minimum absolute atomic E-state index is 0.0264. The number of hydrogen-bond acceptors (Lipinski definition) is 4. The predicted octanol–water partition coefficient (Wildman–Crippen LogP) is 1.85. The second kappa shape index (κ2) is 6.47. The first kappa shape index (κ1) is 15.8. The van der Waals surface area contributed by atoms with E-state index in [4.69, 9.17) is 5.73 Å². The molecule has 3 N–H and O–H groups in total. The Morgan fingerprint density at radius 2 is 1.95 bits per heavy atom. The number of nitrogens with one attached hydrogen (secondary N) is 1. The summed E-state index contributed by atoms with van der Waals surface area (Å²) in [6.07, 6.45) is 2.24. The van der Waals surface area contributed by atoms with E-state index < -0.39 is 10.0 Å². The van der Waals surface area contributed by atoms with Crippen LogP contribution in [0.2, 0.25) is 0 Å². The van der Waals surface area contributed by atoms with Crippen molar-refractivity contribution in [3.8, 4) is 0 Å². The van der Waals surface area contributed by atoms with Crippen LogP contribution in [0, 0.1) is 0 Å². The molecule has 0 saturated carbocycles. The molecule has 112 valence electrons. The van der Waals surface area contributed by atoms with Gasteiger partial charge in [-0.1, -0.05) is 24.3 Å². The summed E-state index contributed by atoms with van der Waals surface area (Å²) < 4.78 is 27.0. The summed E-state index contributed by atoms with van der Waals surface area (Å²) in [4.78, 5) is 0. The van der Waals surface area contributed by atoms with Crippen LogP contribution in [0.25, 0.3) is 0 Å². The van der Waals surface area contributed by atoms with Crippen molar-refractivity contribution in [1.82, 2.24) is 4.72 Å². The van der Waals surface area contributed by atoms with Crippen LogP contribution in [-0.2, 0) is 22.3 Å². The summed E-state index contributed by atoms with van der Waals surface area (Å²) >= 11 is 1.86. The van der Waals surface area contributed by atoms with Gasteiger partial charge in [0.25, 0.3) is 0 Å². The van der Waals surface area contributed by atoms with Gasteiger partial charge in [-0.3, -0.25) is 0 Å². The van der Waals surface area contributed by atoms with E-state index in [1.54, 1.807) is 0 Å². The van der Waals surface area contributed by atoms with E-state index in [0.717, 1.165) is 23.3 Å². The largest absolute Gasteiger partial charge is 0.326 e. The van der Waals surface area contributed by atoms with Crippen LogP contribution in [0.5, 0.6) is 0 Å². The van der Waals surface area contributed by atoms with Gasteiger partial charge in [0, 0.05) is 17.8 Å². The smallest absolute Gasteiger partial charge is 0.215 e. The molecule has 1 heterocycles. The molecule has 1 aliphatic heterocycles. The van der Waals surface area contributed by atoms with Crippen LogP contribution in [0.4, 0.5) is 0 Å². The van der Waals surface area contributed by atoms with Gasteiger partial charge in [0.2, 0.25) is 10.0 Å². The molecule has 0 spiro atoms. The van der Waals surface area contributed by atoms with Crippen molar-refractivity contribution in [2.75, 3.05) is 12.3 Å². The Kier molecular flexibility index (Phi) is 5.12. The highest BCUT2D eigenvalue weighted by Gasteiger charge is 2.30. The van der Waals surface area contributed by atoms with E-state index in [2.05, 4.69) is 11.6 Å². The molecule has 1 atom stereocenters. The van der Waals surface area contributed by atoms with Gasteiger partial charge in [0.15, 0.2) is 0 Å². The summed E-state index contributed by atoms with van der Waals surface area (Å²) in [6.45, 7) is 3.12. The topological polar surface area (TPSA) is 72.2 Å². The fraction of sp³-hybridized carbons (Fsp3) is 0.571. The summed E-state index contributed by atoms with van der Waals surface area (Å²) in [5, 5.41) is 0. The molecule has 2 rings (SSSR count). The highest BCUT2D eigenvalue weighted by Crippen LogP contribution is 2.37. The van der Waals surface area contributed by atoms with E-state index in [9.17, 15) is 8.42 Å². The molecule has 4 nitrogen and oxygen atoms in total. The van der Waals surface area contributed by atoms with Gasteiger partial charge in [-0.15, -0.1) is 0 Å². The van der Waals surface area contributed by atoms with E-state index in [-0.39, 0.29) is 10.5 Å². The van der Waals surface area contributed by atoms with Crippen molar-refractivity contribution in [1.29, 1.82) is 0 Å². The number of hydrogen-bond donors (Lipinski definition) is 2. The molecule has 1 saturated heterocycles. The normalized spacial score (nSPS) is 23.1. The second-order valence-corrected chi connectivity index (χ2v) is 8.99. The second-order valence-electron chi connectivity index (χ2n) is 5.50.